The first-order valence-electron chi connectivity index (χ1n) is 33.6. The largest absolute Gasteiger partial charge is 0.159 e. The van der Waals surface area contributed by atoms with Crippen molar-refractivity contribution < 1.29 is 0 Å². The number of hydrogen-bond acceptors (Lipinski definition) is 18. The molecule has 18 rings (SSSR count). The van der Waals surface area contributed by atoms with Crippen LogP contribution < -0.4 is 0 Å². The molecule has 9 heterocycles. The number of nitrogens with zero attached hydrogens (tertiary/aromatic N) is 18. The summed E-state index contributed by atoms with van der Waals surface area (Å²) in [6.07, 6.45) is 26.4. The third kappa shape index (κ3) is 21.6. The van der Waals surface area contributed by atoms with E-state index < -0.39 is 0 Å². The first-order chi connectivity index (χ1) is 50.9. The lowest BCUT2D eigenvalue weighted by atomic mass is 9.97. The summed E-state index contributed by atoms with van der Waals surface area (Å²) in [5.74, 6) is 1.19. The van der Waals surface area contributed by atoms with Crippen LogP contribution in [0.1, 0.15) is 81.7 Å². The average molecular weight is 1470 g/mol. The van der Waals surface area contributed by atoms with Crippen LogP contribution in [0.2, 0.25) is 10.3 Å². The molecule has 516 valence electrons. The van der Waals surface area contributed by atoms with E-state index in [9.17, 15) is 0 Å². The third-order valence-corrected chi connectivity index (χ3v) is 17.4. The zero-order valence-electron chi connectivity index (χ0n) is 58.1. The normalized spacial score (nSPS) is 10.7. The van der Waals surface area contributed by atoms with Gasteiger partial charge in [-0.15, -0.1) is 20.4 Å². The van der Waals surface area contributed by atoms with Gasteiger partial charge in [-0.2, -0.15) is 71.4 Å². The topological polar surface area (TPSA) is 232 Å². The Bertz CT molecular complexity index is 5510. The van der Waals surface area contributed by atoms with Crippen LogP contribution in [0.3, 0.4) is 0 Å². The summed E-state index contributed by atoms with van der Waals surface area (Å²) in [5, 5.41) is 87.6. The number of fused-ring (bicyclic) bond motifs is 10. The van der Waals surface area contributed by atoms with Gasteiger partial charge in [-0.25, -0.2) is 0 Å². The highest BCUT2D eigenvalue weighted by molar-refractivity contribution is 9.10. The minimum Gasteiger partial charge on any atom is -0.159 e. The van der Waals surface area contributed by atoms with Gasteiger partial charge in [0.25, 0.3) is 0 Å². The second kappa shape index (κ2) is 39.3. The van der Waals surface area contributed by atoms with Crippen LogP contribution in [0.5, 0.6) is 0 Å². The molecule has 1 unspecified atom stereocenters. The monoisotopic (exact) mass is 1470 g/mol. The molecule has 0 aliphatic carbocycles. The summed E-state index contributed by atoms with van der Waals surface area (Å²) in [6, 6.07) is 68.6. The molecule has 0 spiro atoms. The van der Waals surface area contributed by atoms with Gasteiger partial charge in [0.2, 0.25) is 0 Å². The second-order valence-electron chi connectivity index (χ2n) is 23.8. The van der Waals surface area contributed by atoms with Crippen molar-refractivity contribution >= 4 is 136 Å². The molecule has 0 saturated heterocycles. The fourth-order valence-electron chi connectivity index (χ4n) is 10.6. The van der Waals surface area contributed by atoms with Gasteiger partial charge in [-0.1, -0.05) is 238 Å². The molecule has 9 aromatic carbocycles. The van der Waals surface area contributed by atoms with Crippen molar-refractivity contribution in [3.05, 3.63) is 324 Å². The second-order valence-corrected chi connectivity index (χ2v) is 25.4. The molecule has 0 amide bonds. The number of hydrogen-bond donors (Lipinski definition) is 0. The average Bonchev–Trinajstić information content (AvgIpc) is 0.868. The Kier molecular flexibility index (Phi) is 28.3. The molecule has 9 aromatic heterocycles. The van der Waals surface area contributed by atoms with Gasteiger partial charge >= 0.3 is 0 Å². The lowest BCUT2D eigenvalue weighted by Crippen LogP contribution is -1.91. The SMILES string of the molecule is Brc1ccc2cnncc2c1.CC(C)c1ccc2cnncc2c1.CCC(C)c1ccc2cnncc2c1.CCCc1cccc2cnncc12.Cc1nncc2ccccc12.Clc1nnc(Cl)c2ccccc12.c1ccc2c(c1)nnc1ccccc12.c1ccc2cnncc2c1.c1ccnnc1. The van der Waals surface area contributed by atoms with Crippen molar-refractivity contribution in [3.63, 3.8) is 0 Å². The van der Waals surface area contributed by atoms with Crippen LogP contribution in [0.25, 0.3) is 97.2 Å². The molecule has 0 aliphatic rings. The quantitative estimate of drug-likeness (QED) is 0.146. The van der Waals surface area contributed by atoms with Crippen LogP contribution in [0.4, 0.5) is 0 Å². The summed E-state index contributed by atoms with van der Waals surface area (Å²) in [6.45, 7) is 13.0. The molecular weight excluding hydrogens is 1400 g/mol. The molecule has 0 aliphatic heterocycles. The minimum atomic E-state index is 0.384. The van der Waals surface area contributed by atoms with E-state index in [0.717, 1.165) is 86.9 Å². The number of benzene rings is 9. The maximum Gasteiger partial charge on any atom is 0.159 e. The lowest BCUT2D eigenvalue weighted by Gasteiger charge is -2.09. The fraction of sp³-hybridized carbons (Fsp3) is 0.133. The van der Waals surface area contributed by atoms with Gasteiger partial charge in [-0.3, -0.25) is 0 Å². The molecule has 104 heavy (non-hydrogen) atoms. The van der Waals surface area contributed by atoms with Gasteiger partial charge in [0.15, 0.2) is 10.3 Å². The summed E-state index contributed by atoms with van der Waals surface area (Å²) in [7, 11) is 0. The fourth-order valence-corrected chi connectivity index (χ4v) is 11.3. The zero-order valence-corrected chi connectivity index (χ0v) is 61.2. The molecule has 0 saturated carbocycles. The Labute approximate surface area is 620 Å². The van der Waals surface area contributed by atoms with Gasteiger partial charge in [0, 0.05) is 103 Å². The Morgan fingerprint density at radius 1 is 0.317 bits per heavy atom. The Balaban J connectivity index is 0.000000126. The van der Waals surface area contributed by atoms with Gasteiger partial charge in [0.05, 0.1) is 84.9 Å². The zero-order chi connectivity index (χ0) is 72.7. The molecule has 0 radical (unpaired) electrons. The summed E-state index contributed by atoms with van der Waals surface area (Å²) in [4.78, 5) is 0. The van der Waals surface area contributed by atoms with Crippen molar-refractivity contribution in [2.75, 3.05) is 0 Å². The highest BCUT2D eigenvalue weighted by Crippen LogP contribution is 2.27. The van der Waals surface area contributed by atoms with Crippen LogP contribution in [-0.4, -0.2) is 91.8 Å². The smallest absolute Gasteiger partial charge is 0.159 e. The summed E-state index contributed by atoms with van der Waals surface area (Å²) in [5.41, 5.74) is 6.99. The maximum absolute atomic E-state index is 5.80. The highest BCUT2D eigenvalue weighted by atomic mass is 79.9. The molecule has 0 N–H and O–H groups in total. The minimum absolute atomic E-state index is 0.384. The number of aromatic nitrogens is 18. The summed E-state index contributed by atoms with van der Waals surface area (Å²) < 4.78 is 1.07. The molecule has 0 fully saturated rings. The van der Waals surface area contributed by atoms with Crippen LogP contribution in [-0.2, 0) is 6.42 Å². The van der Waals surface area contributed by atoms with Crippen LogP contribution in [0.15, 0.2) is 291 Å². The van der Waals surface area contributed by atoms with E-state index in [1.807, 2.05) is 159 Å². The number of halogens is 3. The first-order valence-corrected chi connectivity index (χ1v) is 35.1. The predicted octanol–water partition coefficient (Wildman–Crippen LogP) is 20.6. The van der Waals surface area contributed by atoms with Crippen molar-refractivity contribution in [2.24, 2.45) is 0 Å². The van der Waals surface area contributed by atoms with Gasteiger partial charge in [-0.05, 0) is 96.8 Å². The molecule has 18 aromatic rings. The van der Waals surface area contributed by atoms with E-state index in [-0.39, 0.29) is 0 Å². The van der Waals surface area contributed by atoms with Crippen molar-refractivity contribution in [2.45, 2.75) is 72.6 Å². The molecule has 1 atom stereocenters. The molecular formula is C83H73BrCl2N18. The van der Waals surface area contributed by atoms with Crippen LogP contribution >= 0.6 is 39.1 Å². The Morgan fingerprint density at radius 3 is 1.18 bits per heavy atom. The van der Waals surface area contributed by atoms with E-state index in [0.29, 0.717) is 22.1 Å². The van der Waals surface area contributed by atoms with E-state index in [2.05, 4.69) is 215 Å². The third-order valence-electron chi connectivity index (χ3n) is 16.4. The van der Waals surface area contributed by atoms with Crippen molar-refractivity contribution in [3.8, 4) is 0 Å². The van der Waals surface area contributed by atoms with Crippen molar-refractivity contribution in [1.29, 1.82) is 0 Å². The number of rotatable bonds is 5. The number of aryl methyl sites for hydroxylation is 2. The molecule has 0 bridgehead atoms. The lowest BCUT2D eigenvalue weighted by molar-refractivity contribution is 0.734. The van der Waals surface area contributed by atoms with E-state index in [4.69, 9.17) is 23.2 Å². The summed E-state index contributed by atoms with van der Waals surface area (Å²) >= 11 is 15.0. The van der Waals surface area contributed by atoms with Gasteiger partial charge in [0.1, 0.15) is 0 Å². The standard InChI is InChI=1S/C12H8N2.C12H14N2.2C11H12N2.C9H8N2.C8H5BrN2.C8H4Cl2N2.C8H6N2.C4H4N2/c1-3-7-11-9(5-1)10-6-2-4-8-12(10)14-13-11;1-3-9(2)10-4-5-11-7-13-14-8-12(11)6-10;1-8(2)9-3-4-10-6-12-13-7-11(10)5-9;1-2-4-9-5-3-6-10-7-12-13-8-11(9)10;1-7-9-5-3-2-4-8(9)6-10-11-7;9-8-2-1-6-4-10-11-5-7(6)3-8;9-7-5-3-1-2-4-6(5)8(10)12-11-7;1-2-4-8-6-10-9-5-7(8)3-1;1-2-4-6-5-3-1/h1-8H;4-9H,3H2,1-2H3;3-8H,1-2H3;3,5-8H,2,4H2,1H3;2-6H,1H3;1-5H;1-4H;1-6H;1-4H. The van der Waals surface area contributed by atoms with Crippen LogP contribution in [0, 0.1) is 6.92 Å². The van der Waals surface area contributed by atoms with E-state index >= 15 is 0 Å². The Morgan fingerprint density at radius 2 is 0.702 bits per heavy atom. The van der Waals surface area contributed by atoms with Gasteiger partial charge < -0.3 is 0 Å². The Hall–Kier alpha value is -11.9. The first kappa shape index (κ1) is 74.8. The molecule has 21 heteroatoms. The molecule has 18 nitrogen and oxygen atoms in total. The highest BCUT2D eigenvalue weighted by Gasteiger charge is 2.07. The van der Waals surface area contributed by atoms with E-state index in [1.165, 1.54) is 56.5 Å². The maximum atomic E-state index is 5.80. The predicted molar refractivity (Wildman–Crippen MR) is 425 cm³/mol. The van der Waals surface area contributed by atoms with E-state index in [1.54, 1.807) is 62.0 Å². The van der Waals surface area contributed by atoms with Crippen molar-refractivity contribution in [1.82, 2.24) is 91.8 Å².